The van der Waals surface area contributed by atoms with Crippen molar-refractivity contribution in [1.82, 2.24) is 14.8 Å². The number of hydrogen-bond donors (Lipinski definition) is 0. The van der Waals surface area contributed by atoms with Crippen molar-refractivity contribution in [3.05, 3.63) is 90.3 Å². The van der Waals surface area contributed by atoms with E-state index in [9.17, 15) is 9.59 Å². The lowest BCUT2D eigenvalue weighted by atomic mass is 9.87. The van der Waals surface area contributed by atoms with E-state index in [0.717, 1.165) is 16.7 Å². The molecule has 2 amide bonds. The van der Waals surface area contributed by atoms with Crippen LogP contribution in [0.3, 0.4) is 0 Å². The Kier molecular flexibility index (Phi) is 6.32. The minimum Gasteiger partial charge on any atom is -0.361 e. The van der Waals surface area contributed by atoms with Crippen LogP contribution in [-0.4, -0.2) is 66.0 Å². The molecule has 2 heterocycles. The third-order valence-electron chi connectivity index (χ3n) is 5.76. The summed E-state index contributed by atoms with van der Waals surface area (Å²) in [7, 11) is 3.44. The van der Waals surface area contributed by atoms with Gasteiger partial charge < -0.3 is 14.5 Å². The molecule has 32 heavy (non-hydrogen) atoms. The molecule has 1 unspecified atom stereocenters. The van der Waals surface area contributed by atoms with Crippen molar-refractivity contribution in [3.8, 4) is 11.1 Å². The summed E-state index contributed by atoms with van der Waals surface area (Å²) in [6.07, 6.45) is 3.56. The van der Waals surface area contributed by atoms with Gasteiger partial charge in [-0.1, -0.05) is 54.6 Å². The molecule has 1 aliphatic rings. The number of likely N-dealkylation sites (N-methyl/N-ethyl adjacent to an activating group) is 1. The van der Waals surface area contributed by atoms with Gasteiger partial charge in [-0.05, 0) is 28.8 Å². The van der Waals surface area contributed by atoms with Crippen molar-refractivity contribution < 1.29 is 14.3 Å². The fourth-order valence-electron chi connectivity index (χ4n) is 4.23. The Balaban J connectivity index is 1.70. The lowest BCUT2D eigenvalue weighted by molar-refractivity contribution is -0.165. The molecule has 6 nitrogen and oxygen atoms in total. The Labute approximate surface area is 188 Å². The Morgan fingerprint density at radius 3 is 2.50 bits per heavy atom. The van der Waals surface area contributed by atoms with Gasteiger partial charge in [0.2, 0.25) is 0 Å². The average molecular weight is 430 g/mol. The number of hydrogen-bond acceptors (Lipinski definition) is 4. The van der Waals surface area contributed by atoms with Crippen molar-refractivity contribution in [2.75, 3.05) is 33.8 Å². The zero-order chi connectivity index (χ0) is 22.6. The van der Waals surface area contributed by atoms with Crippen LogP contribution in [0.4, 0.5) is 0 Å². The highest BCUT2D eigenvalue weighted by Gasteiger charge is 2.46. The molecule has 4 rings (SSSR count). The summed E-state index contributed by atoms with van der Waals surface area (Å²) in [5.41, 5.74) is 2.48. The molecule has 3 aromatic rings. The van der Waals surface area contributed by atoms with Crippen molar-refractivity contribution >= 4 is 11.8 Å². The number of carbonyl (C=O) groups excluding carboxylic acids is 2. The molecule has 164 valence electrons. The predicted octanol–water partition coefficient (Wildman–Crippen LogP) is 3.29. The standard InChI is InChI=1S/C26H27N3O3/c1-28(2)25(31)26(17-21-11-6-7-13-23(21)20-9-4-3-5-10-20)19-29(15-16-32-26)24(30)22-12-8-14-27-18-22/h3-14,18H,15-17,19H2,1-2H3. The van der Waals surface area contributed by atoms with E-state index < -0.39 is 5.60 Å². The number of ether oxygens (including phenoxy) is 1. The summed E-state index contributed by atoms with van der Waals surface area (Å²) in [6.45, 7) is 0.899. The second-order valence-corrected chi connectivity index (χ2v) is 8.21. The maximum atomic E-state index is 13.4. The molecule has 0 radical (unpaired) electrons. The third kappa shape index (κ3) is 4.41. The number of nitrogens with zero attached hydrogens (tertiary/aromatic N) is 3. The highest BCUT2D eigenvalue weighted by molar-refractivity contribution is 5.95. The van der Waals surface area contributed by atoms with Gasteiger partial charge in [0.1, 0.15) is 0 Å². The Bertz CT molecular complexity index is 1090. The highest BCUT2D eigenvalue weighted by atomic mass is 16.5. The van der Waals surface area contributed by atoms with E-state index >= 15 is 0 Å². The first-order valence-corrected chi connectivity index (χ1v) is 10.7. The Hall–Kier alpha value is -3.51. The lowest BCUT2D eigenvalue weighted by Gasteiger charge is -2.43. The van der Waals surface area contributed by atoms with E-state index in [1.165, 1.54) is 0 Å². The summed E-state index contributed by atoms with van der Waals surface area (Å²) in [5.74, 6) is -0.294. The van der Waals surface area contributed by atoms with E-state index in [1.54, 1.807) is 48.4 Å². The number of amides is 2. The molecule has 2 aromatic carbocycles. The van der Waals surface area contributed by atoms with E-state index in [0.29, 0.717) is 25.1 Å². The number of morpholine rings is 1. The van der Waals surface area contributed by atoms with Gasteiger partial charge in [0.25, 0.3) is 11.8 Å². The van der Waals surface area contributed by atoms with E-state index in [1.807, 2.05) is 36.4 Å². The van der Waals surface area contributed by atoms with Gasteiger partial charge in [0.05, 0.1) is 18.7 Å². The van der Waals surface area contributed by atoms with E-state index in [2.05, 4.69) is 23.2 Å². The second-order valence-electron chi connectivity index (χ2n) is 8.21. The zero-order valence-electron chi connectivity index (χ0n) is 18.4. The SMILES string of the molecule is CN(C)C(=O)C1(Cc2ccccc2-c2ccccc2)CN(C(=O)c2cccnc2)CCO1. The van der Waals surface area contributed by atoms with Crippen molar-refractivity contribution in [3.63, 3.8) is 0 Å². The van der Waals surface area contributed by atoms with E-state index in [4.69, 9.17) is 4.74 Å². The molecule has 0 spiro atoms. The average Bonchev–Trinajstić information content (AvgIpc) is 2.84. The van der Waals surface area contributed by atoms with E-state index in [-0.39, 0.29) is 18.4 Å². The number of pyridine rings is 1. The quantitative estimate of drug-likeness (QED) is 0.624. The van der Waals surface area contributed by atoms with Gasteiger partial charge in [-0.2, -0.15) is 0 Å². The summed E-state index contributed by atoms with van der Waals surface area (Å²) < 4.78 is 6.20. The third-order valence-corrected chi connectivity index (χ3v) is 5.76. The van der Waals surface area contributed by atoms with Gasteiger partial charge in [-0.3, -0.25) is 14.6 Å². The van der Waals surface area contributed by atoms with Gasteiger partial charge in [-0.15, -0.1) is 0 Å². The van der Waals surface area contributed by atoms with Crippen molar-refractivity contribution in [1.29, 1.82) is 0 Å². The maximum Gasteiger partial charge on any atom is 0.256 e. The molecule has 0 saturated carbocycles. The molecule has 0 bridgehead atoms. The van der Waals surface area contributed by atoms with Crippen LogP contribution in [0, 0.1) is 0 Å². The first kappa shape index (κ1) is 21.7. The first-order valence-electron chi connectivity index (χ1n) is 10.7. The second kappa shape index (κ2) is 9.32. The molecule has 1 saturated heterocycles. The van der Waals surface area contributed by atoms with Crippen LogP contribution in [0.2, 0.25) is 0 Å². The summed E-state index contributed by atoms with van der Waals surface area (Å²) in [6, 6.07) is 21.6. The summed E-state index contributed by atoms with van der Waals surface area (Å²) in [4.78, 5) is 33.9. The number of carbonyl (C=O) groups is 2. The molecule has 0 N–H and O–H groups in total. The molecule has 0 aliphatic carbocycles. The van der Waals surface area contributed by atoms with Crippen LogP contribution in [0.25, 0.3) is 11.1 Å². The van der Waals surface area contributed by atoms with Gasteiger partial charge in [-0.25, -0.2) is 0 Å². The number of rotatable bonds is 5. The van der Waals surface area contributed by atoms with Crippen LogP contribution in [0.15, 0.2) is 79.1 Å². The van der Waals surface area contributed by atoms with Gasteiger partial charge >= 0.3 is 0 Å². The summed E-state index contributed by atoms with van der Waals surface area (Å²) in [5, 5.41) is 0. The highest BCUT2D eigenvalue weighted by Crippen LogP contribution is 2.31. The number of benzene rings is 2. The van der Waals surface area contributed by atoms with Crippen LogP contribution in [0.5, 0.6) is 0 Å². The van der Waals surface area contributed by atoms with Crippen LogP contribution in [0.1, 0.15) is 15.9 Å². The molecule has 1 aliphatic heterocycles. The minimum absolute atomic E-state index is 0.145. The monoisotopic (exact) mass is 429 g/mol. The van der Waals surface area contributed by atoms with Gasteiger partial charge in [0.15, 0.2) is 5.60 Å². The van der Waals surface area contributed by atoms with Crippen molar-refractivity contribution in [2.45, 2.75) is 12.0 Å². The minimum atomic E-state index is -1.16. The summed E-state index contributed by atoms with van der Waals surface area (Å²) >= 11 is 0. The Morgan fingerprint density at radius 1 is 1.03 bits per heavy atom. The maximum absolute atomic E-state index is 13.4. The van der Waals surface area contributed by atoms with Crippen LogP contribution in [-0.2, 0) is 16.0 Å². The van der Waals surface area contributed by atoms with Crippen molar-refractivity contribution in [2.24, 2.45) is 0 Å². The lowest BCUT2D eigenvalue weighted by Crippen LogP contribution is -2.61. The molecule has 1 fully saturated rings. The molecular formula is C26H27N3O3. The molecule has 1 atom stereocenters. The molecule has 1 aromatic heterocycles. The smallest absolute Gasteiger partial charge is 0.256 e. The number of aromatic nitrogens is 1. The zero-order valence-corrected chi connectivity index (χ0v) is 18.4. The fourth-order valence-corrected chi connectivity index (χ4v) is 4.23. The fraction of sp³-hybridized carbons (Fsp3) is 0.269. The first-order chi connectivity index (χ1) is 15.5. The van der Waals surface area contributed by atoms with Crippen LogP contribution < -0.4 is 0 Å². The Morgan fingerprint density at radius 2 is 1.78 bits per heavy atom. The topological polar surface area (TPSA) is 62.7 Å². The largest absolute Gasteiger partial charge is 0.361 e. The molecular weight excluding hydrogens is 402 g/mol. The van der Waals surface area contributed by atoms with Crippen LogP contribution >= 0.6 is 0 Å². The predicted molar refractivity (Wildman–Crippen MR) is 123 cm³/mol. The van der Waals surface area contributed by atoms with Gasteiger partial charge in [0, 0.05) is 39.5 Å². The normalized spacial score (nSPS) is 18.2. The molecule has 6 heteroatoms.